The Morgan fingerprint density at radius 2 is 2.00 bits per heavy atom. The zero-order valence-corrected chi connectivity index (χ0v) is 10.9. The monoisotopic (exact) mass is 294 g/mol. The van der Waals surface area contributed by atoms with Crippen molar-refractivity contribution in [2.75, 3.05) is 5.73 Å². The van der Waals surface area contributed by atoms with Crippen LogP contribution in [0.1, 0.15) is 5.56 Å². The Morgan fingerprint density at radius 1 is 1.24 bits per heavy atom. The molecule has 0 aliphatic heterocycles. The van der Waals surface area contributed by atoms with E-state index in [9.17, 15) is 18.4 Å². The summed E-state index contributed by atoms with van der Waals surface area (Å²) in [5.74, 6) is -2.84. The number of pyridine rings is 1. The van der Waals surface area contributed by atoms with Gasteiger partial charge in [0, 0.05) is 23.5 Å². The molecule has 7 heteroatoms. The predicted octanol–water partition coefficient (Wildman–Crippen LogP) is 1.45. The van der Waals surface area contributed by atoms with Crippen molar-refractivity contribution in [2.45, 2.75) is 13.2 Å². The molecule has 0 amide bonds. The van der Waals surface area contributed by atoms with Crippen molar-refractivity contribution >= 4 is 11.7 Å². The topological polar surface area (TPSA) is 74.3 Å². The molecule has 1 aromatic heterocycles. The molecule has 0 saturated carbocycles. The van der Waals surface area contributed by atoms with E-state index >= 15 is 0 Å². The third-order valence-electron chi connectivity index (χ3n) is 2.73. The van der Waals surface area contributed by atoms with Crippen LogP contribution in [0, 0.1) is 11.6 Å². The molecule has 0 saturated heterocycles. The molecule has 0 fully saturated rings. The lowest BCUT2D eigenvalue weighted by molar-refractivity contribution is -0.145. The SMILES string of the molecule is Nc1ccc(=O)n(CC(=O)OCc2cccc(F)c2F)c1. The quantitative estimate of drug-likeness (QED) is 0.866. The summed E-state index contributed by atoms with van der Waals surface area (Å²) < 4.78 is 32.2. The number of anilines is 1. The van der Waals surface area contributed by atoms with E-state index in [1.54, 1.807) is 0 Å². The van der Waals surface area contributed by atoms with Gasteiger partial charge in [0.1, 0.15) is 13.2 Å². The molecular formula is C14H12F2N2O3. The maximum Gasteiger partial charge on any atom is 0.326 e. The lowest BCUT2D eigenvalue weighted by Crippen LogP contribution is -2.24. The van der Waals surface area contributed by atoms with Gasteiger partial charge in [0.15, 0.2) is 11.6 Å². The molecule has 21 heavy (non-hydrogen) atoms. The van der Waals surface area contributed by atoms with Gasteiger partial charge < -0.3 is 15.0 Å². The van der Waals surface area contributed by atoms with Crippen LogP contribution in [-0.4, -0.2) is 10.5 Å². The van der Waals surface area contributed by atoms with Crippen LogP contribution in [0.25, 0.3) is 0 Å². The number of nitrogen functional groups attached to an aromatic ring is 1. The number of benzene rings is 1. The summed E-state index contributed by atoms with van der Waals surface area (Å²) in [6.07, 6.45) is 1.30. The Hall–Kier alpha value is -2.70. The fourth-order valence-electron chi connectivity index (χ4n) is 1.68. The minimum Gasteiger partial charge on any atom is -0.459 e. The molecule has 0 atom stereocenters. The number of nitrogens with zero attached hydrogens (tertiary/aromatic N) is 1. The number of carbonyl (C=O) groups is 1. The van der Waals surface area contributed by atoms with E-state index in [4.69, 9.17) is 10.5 Å². The minimum absolute atomic E-state index is 0.0803. The van der Waals surface area contributed by atoms with E-state index in [1.165, 1.54) is 30.5 Å². The number of carbonyl (C=O) groups excluding carboxylic acids is 1. The van der Waals surface area contributed by atoms with Gasteiger partial charge in [-0.1, -0.05) is 12.1 Å². The average Bonchev–Trinajstić information content (AvgIpc) is 2.44. The van der Waals surface area contributed by atoms with Crippen molar-refractivity contribution < 1.29 is 18.3 Å². The summed E-state index contributed by atoms with van der Waals surface area (Å²) in [6.45, 7) is -0.777. The van der Waals surface area contributed by atoms with Crippen LogP contribution >= 0.6 is 0 Å². The van der Waals surface area contributed by atoms with E-state index in [-0.39, 0.29) is 12.1 Å². The molecule has 110 valence electrons. The molecule has 0 radical (unpaired) electrons. The van der Waals surface area contributed by atoms with E-state index in [0.717, 1.165) is 10.6 Å². The highest BCUT2D eigenvalue weighted by atomic mass is 19.2. The first-order valence-corrected chi connectivity index (χ1v) is 6.02. The number of esters is 1. The van der Waals surface area contributed by atoms with Crippen LogP contribution in [0.15, 0.2) is 41.3 Å². The number of rotatable bonds is 4. The van der Waals surface area contributed by atoms with Crippen molar-refractivity contribution in [3.8, 4) is 0 Å². The molecule has 0 spiro atoms. The van der Waals surface area contributed by atoms with Gasteiger partial charge in [-0.3, -0.25) is 9.59 Å². The predicted molar refractivity (Wildman–Crippen MR) is 71.3 cm³/mol. The van der Waals surface area contributed by atoms with E-state index in [0.29, 0.717) is 5.69 Å². The Bertz CT molecular complexity index is 728. The Morgan fingerprint density at radius 3 is 2.76 bits per heavy atom. The lowest BCUT2D eigenvalue weighted by Gasteiger charge is -2.08. The van der Waals surface area contributed by atoms with Crippen LogP contribution < -0.4 is 11.3 Å². The zero-order valence-electron chi connectivity index (χ0n) is 10.9. The molecule has 1 aromatic carbocycles. The number of nitrogens with two attached hydrogens (primary N) is 1. The summed E-state index contributed by atoms with van der Waals surface area (Å²) in [7, 11) is 0. The molecule has 1 heterocycles. The molecule has 0 bridgehead atoms. The average molecular weight is 294 g/mol. The molecule has 0 aliphatic carbocycles. The van der Waals surface area contributed by atoms with Crippen molar-refractivity contribution in [1.29, 1.82) is 0 Å². The molecule has 0 unspecified atom stereocenters. The largest absolute Gasteiger partial charge is 0.459 e. The summed E-state index contributed by atoms with van der Waals surface area (Å²) in [5, 5.41) is 0. The number of ether oxygens (including phenoxy) is 1. The van der Waals surface area contributed by atoms with Crippen LogP contribution in [0.3, 0.4) is 0 Å². The molecule has 5 nitrogen and oxygen atoms in total. The van der Waals surface area contributed by atoms with Crippen molar-refractivity contribution in [3.05, 3.63) is 64.1 Å². The first-order valence-electron chi connectivity index (χ1n) is 6.02. The van der Waals surface area contributed by atoms with Crippen molar-refractivity contribution in [2.24, 2.45) is 0 Å². The van der Waals surface area contributed by atoms with Gasteiger partial charge in [-0.25, -0.2) is 8.78 Å². The second-order valence-corrected chi connectivity index (χ2v) is 4.30. The molecule has 2 aromatic rings. The first-order chi connectivity index (χ1) is 9.97. The third-order valence-corrected chi connectivity index (χ3v) is 2.73. The first kappa shape index (κ1) is 14.7. The van der Waals surface area contributed by atoms with Crippen molar-refractivity contribution in [1.82, 2.24) is 4.57 Å². The van der Waals surface area contributed by atoms with Gasteiger partial charge in [-0.15, -0.1) is 0 Å². The molecule has 0 aliphatic rings. The Labute approximate surface area is 118 Å². The summed E-state index contributed by atoms with van der Waals surface area (Å²) >= 11 is 0. The van der Waals surface area contributed by atoms with Crippen LogP contribution in [0.4, 0.5) is 14.5 Å². The highest BCUT2D eigenvalue weighted by Gasteiger charge is 2.11. The normalized spacial score (nSPS) is 10.4. The van der Waals surface area contributed by atoms with Crippen LogP contribution in [0.5, 0.6) is 0 Å². The van der Waals surface area contributed by atoms with Gasteiger partial charge in [0.2, 0.25) is 0 Å². The molecular weight excluding hydrogens is 282 g/mol. The standard InChI is InChI=1S/C14H12F2N2O3/c15-11-3-1-2-9(14(11)16)8-21-13(20)7-18-6-10(17)4-5-12(18)19/h1-6H,7-8,17H2. The second kappa shape index (κ2) is 6.17. The maximum absolute atomic E-state index is 13.4. The van der Waals surface area contributed by atoms with E-state index < -0.39 is 29.8 Å². The highest BCUT2D eigenvalue weighted by molar-refractivity contribution is 5.69. The highest BCUT2D eigenvalue weighted by Crippen LogP contribution is 2.12. The molecule has 2 rings (SSSR count). The zero-order chi connectivity index (χ0) is 15.4. The van der Waals surface area contributed by atoms with Crippen LogP contribution in [0.2, 0.25) is 0 Å². The number of halogens is 2. The number of hydrogen-bond acceptors (Lipinski definition) is 4. The Balaban J connectivity index is 2.01. The lowest BCUT2D eigenvalue weighted by atomic mass is 10.2. The summed E-state index contributed by atoms with van der Waals surface area (Å²) in [4.78, 5) is 23.1. The van der Waals surface area contributed by atoms with E-state index in [2.05, 4.69) is 0 Å². The van der Waals surface area contributed by atoms with Gasteiger partial charge in [-0.2, -0.15) is 0 Å². The molecule has 2 N–H and O–H groups in total. The second-order valence-electron chi connectivity index (χ2n) is 4.30. The van der Waals surface area contributed by atoms with Crippen LogP contribution in [-0.2, 0) is 22.7 Å². The Kier molecular flexibility index (Phi) is 4.32. The van der Waals surface area contributed by atoms with Gasteiger partial charge in [0.25, 0.3) is 5.56 Å². The van der Waals surface area contributed by atoms with E-state index in [1.807, 2.05) is 0 Å². The van der Waals surface area contributed by atoms with Gasteiger partial charge >= 0.3 is 5.97 Å². The van der Waals surface area contributed by atoms with Gasteiger partial charge in [0.05, 0.1) is 0 Å². The third kappa shape index (κ3) is 3.65. The number of aromatic nitrogens is 1. The minimum atomic E-state index is -1.06. The number of hydrogen-bond donors (Lipinski definition) is 1. The smallest absolute Gasteiger partial charge is 0.326 e. The summed E-state index contributed by atoms with van der Waals surface area (Å²) in [6, 6.07) is 6.20. The summed E-state index contributed by atoms with van der Waals surface area (Å²) in [5.41, 5.74) is 5.32. The fraction of sp³-hybridized carbons (Fsp3) is 0.143. The van der Waals surface area contributed by atoms with Gasteiger partial charge in [-0.05, 0) is 12.1 Å². The maximum atomic E-state index is 13.4. The fourth-order valence-corrected chi connectivity index (χ4v) is 1.68. The van der Waals surface area contributed by atoms with Crippen molar-refractivity contribution in [3.63, 3.8) is 0 Å².